The second-order valence-corrected chi connectivity index (χ2v) is 7.63. The molecule has 0 saturated heterocycles. The zero-order valence-electron chi connectivity index (χ0n) is 16.2. The van der Waals surface area contributed by atoms with E-state index < -0.39 is 0 Å². The number of thiocarbonyl (C=S) groups is 1. The highest BCUT2D eigenvalue weighted by molar-refractivity contribution is 7.80. The summed E-state index contributed by atoms with van der Waals surface area (Å²) < 4.78 is 7.14. The number of ether oxygens (including phenoxy) is 1. The zero-order chi connectivity index (χ0) is 21.1. The molecular formula is C20H18N6O2S2. The molecule has 30 heavy (non-hydrogen) atoms. The van der Waals surface area contributed by atoms with Crippen LogP contribution < -0.4 is 15.4 Å². The number of anilines is 1. The minimum Gasteiger partial charge on any atom is -0.494 e. The normalized spacial score (nSPS) is 10.7. The highest BCUT2D eigenvalue weighted by atomic mass is 32.1. The van der Waals surface area contributed by atoms with E-state index >= 15 is 0 Å². The predicted molar refractivity (Wildman–Crippen MR) is 120 cm³/mol. The van der Waals surface area contributed by atoms with Crippen molar-refractivity contribution in [2.75, 3.05) is 11.9 Å². The molecular weight excluding hydrogens is 420 g/mol. The lowest BCUT2D eigenvalue weighted by molar-refractivity contribution is 0.0977. The fourth-order valence-electron chi connectivity index (χ4n) is 2.82. The summed E-state index contributed by atoms with van der Waals surface area (Å²) in [6.45, 7) is 4.26. The summed E-state index contributed by atoms with van der Waals surface area (Å²) in [5.41, 5.74) is 2.04. The third-order valence-electron chi connectivity index (χ3n) is 4.19. The van der Waals surface area contributed by atoms with Crippen molar-refractivity contribution in [3.63, 3.8) is 0 Å². The number of nitrogens with one attached hydrogen (secondary N) is 2. The third kappa shape index (κ3) is 4.14. The Morgan fingerprint density at radius 1 is 1.20 bits per heavy atom. The monoisotopic (exact) mass is 438 g/mol. The highest BCUT2D eigenvalue weighted by Crippen LogP contribution is 2.31. The number of hydrogen-bond acceptors (Lipinski definition) is 7. The number of rotatable bonds is 5. The number of aryl methyl sites for hydroxylation is 1. The summed E-state index contributed by atoms with van der Waals surface area (Å²) in [6, 6.07) is 14.5. The van der Waals surface area contributed by atoms with Crippen LogP contribution in [0, 0.1) is 6.92 Å². The SMILES string of the molecule is CCOc1cccc(C(=O)NC(=S)Nc2ccccc2-c2nn3c(C)nnc3s2)c1. The molecule has 152 valence electrons. The van der Waals surface area contributed by atoms with Gasteiger partial charge in [0.15, 0.2) is 10.9 Å². The summed E-state index contributed by atoms with van der Waals surface area (Å²) >= 11 is 6.78. The van der Waals surface area contributed by atoms with Crippen LogP contribution in [-0.2, 0) is 0 Å². The Hall–Kier alpha value is -3.37. The van der Waals surface area contributed by atoms with Gasteiger partial charge in [0, 0.05) is 11.1 Å². The lowest BCUT2D eigenvalue weighted by Gasteiger charge is -2.12. The lowest BCUT2D eigenvalue weighted by atomic mass is 10.2. The van der Waals surface area contributed by atoms with Crippen molar-refractivity contribution in [3.8, 4) is 16.3 Å². The van der Waals surface area contributed by atoms with Gasteiger partial charge >= 0.3 is 0 Å². The van der Waals surface area contributed by atoms with E-state index in [0.29, 0.717) is 22.9 Å². The van der Waals surface area contributed by atoms with Gasteiger partial charge in [0.2, 0.25) is 4.96 Å². The van der Waals surface area contributed by atoms with E-state index in [2.05, 4.69) is 25.9 Å². The van der Waals surface area contributed by atoms with E-state index in [9.17, 15) is 4.79 Å². The molecule has 0 spiro atoms. The molecule has 4 rings (SSSR count). The third-order valence-corrected chi connectivity index (χ3v) is 5.32. The van der Waals surface area contributed by atoms with Gasteiger partial charge < -0.3 is 10.1 Å². The maximum atomic E-state index is 12.6. The van der Waals surface area contributed by atoms with Gasteiger partial charge in [-0.15, -0.1) is 10.2 Å². The first-order valence-corrected chi connectivity index (χ1v) is 10.4. The van der Waals surface area contributed by atoms with Crippen molar-refractivity contribution in [1.29, 1.82) is 0 Å². The van der Waals surface area contributed by atoms with Crippen molar-refractivity contribution in [3.05, 3.63) is 59.9 Å². The Morgan fingerprint density at radius 2 is 2.03 bits per heavy atom. The van der Waals surface area contributed by atoms with Gasteiger partial charge in [0.25, 0.3) is 5.91 Å². The van der Waals surface area contributed by atoms with E-state index in [1.54, 1.807) is 28.8 Å². The van der Waals surface area contributed by atoms with Gasteiger partial charge in [-0.2, -0.15) is 9.61 Å². The van der Waals surface area contributed by atoms with E-state index in [1.807, 2.05) is 38.1 Å². The van der Waals surface area contributed by atoms with Gasteiger partial charge in [-0.1, -0.05) is 29.5 Å². The van der Waals surface area contributed by atoms with Crippen LogP contribution in [0.15, 0.2) is 48.5 Å². The summed E-state index contributed by atoms with van der Waals surface area (Å²) in [4.78, 5) is 13.3. The zero-order valence-corrected chi connectivity index (χ0v) is 17.9. The molecule has 0 unspecified atom stereocenters. The number of benzene rings is 2. The van der Waals surface area contributed by atoms with Gasteiger partial charge in [-0.25, -0.2) is 0 Å². The maximum absolute atomic E-state index is 12.6. The Morgan fingerprint density at radius 3 is 2.83 bits per heavy atom. The van der Waals surface area contributed by atoms with Crippen LogP contribution in [0.4, 0.5) is 5.69 Å². The highest BCUT2D eigenvalue weighted by Gasteiger charge is 2.15. The molecule has 4 aromatic rings. The number of hydrogen-bond donors (Lipinski definition) is 2. The van der Waals surface area contributed by atoms with Gasteiger partial charge in [0.1, 0.15) is 10.8 Å². The van der Waals surface area contributed by atoms with Crippen LogP contribution in [0.3, 0.4) is 0 Å². The second kappa shape index (κ2) is 8.56. The molecule has 0 fully saturated rings. The van der Waals surface area contributed by atoms with Gasteiger partial charge in [-0.05, 0) is 56.4 Å². The fraction of sp³-hybridized carbons (Fsp3) is 0.150. The molecule has 2 heterocycles. The van der Waals surface area contributed by atoms with Gasteiger partial charge in [0.05, 0.1) is 12.3 Å². The molecule has 0 aliphatic heterocycles. The van der Waals surface area contributed by atoms with E-state index in [4.69, 9.17) is 17.0 Å². The Balaban J connectivity index is 1.51. The number of carbonyl (C=O) groups is 1. The number of carbonyl (C=O) groups excluding carboxylic acids is 1. The van der Waals surface area contributed by atoms with E-state index in [0.717, 1.165) is 22.1 Å². The Labute approximate surface area is 181 Å². The van der Waals surface area contributed by atoms with Crippen molar-refractivity contribution < 1.29 is 9.53 Å². The van der Waals surface area contributed by atoms with Crippen LogP contribution in [0.1, 0.15) is 23.1 Å². The molecule has 0 aliphatic carbocycles. The smallest absolute Gasteiger partial charge is 0.257 e. The topological polar surface area (TPSA) is 93.4 Å². The van der Waals surface area contributed by atoms with Crippen LogP contribution in [0.5, 0.6) is 5.75 Å². The van der Waals surface area contributed by atoms with E-state index in [-0.39, 0.29) is 11.0 Å². The molecule has 0 radical (unpaired) electrons. The van der Waals surface area contributed by atoms with E-state index in [1.165, 1.54) is 11.3 Å². The number of amides is 1. The Kier molecular flexibility index (Phi) is 5.68. The summed E-state index contributed by atoms with van der Waals surface area (Å²) in [5.74, 6) is 1.03. The molecule has 1 amide bonds. The first kappa shape index (κ1) is 19.9. The molecule has 0 aliphatic rings. The molecule has 0 atom stereocenters. The van der Waals surface area contributed by atoms with Crippen LogP contribution in [-0.4, -0.2) is 37.4 Å². The largest absolute Gasteiger partial charge is 0.494 e. The standard InChI is InChI=1S/C20H18N6O2S2/c1-3-28-14-8-6-7-13(11-14)17(27)22-19(29)21-16-10-5-4-9-15(16)18-25-26-12(2)23-24-20(26)30-18/h4-11H,3H2,1-2H3,(H2,21,22,27,29). The van der Waals surface area contributed by atoms with Crippen molar-refractivity contribution >= 4 is 45.2 Å². The molecule has 2 aromatic carbocycles. The number of aromatic nitrogens is 4. The molecule has 2 N–H and O–H groups in total. The quantitative estimate of drug-likeness (QED) is 0.459. The summed E-state index contributed by atoms with van der Waals surface area (Å²) in [7, 11) is 0. The number of fused-ring (bicyclic) bond motifs is 1. The average Bonchev–Trinajstić information content (AvgIpc) is 3.31. The predicted octanol–water partition coefficient (Wildman–Crippen LogP) is 3.69. The van der Waals surface area contributed by atoms with Crippen molar-refractivity contribution in [2.45, 2.75) is 13.8 Å². The molecule has 0 saturated carbocycles. The molecule has 10 heteroatoms. The van der Waals surface area contributed by atoms with Crippen molar-refractivity contribution in [1.82, 2.24) is 25.1 Å². The first-order chi connectivity index (χ1) is 14.5. The average molecular weight is 439 g/mol. The van der Waals surface area contributed by atoms with Crippen LogP contribution in [0.2, 0.25) is 0 Å². The van der Waals surface area contributed by atoms with Crippen molar-refractivity contribution in [2.24, 2.45) is 0 Å². The first-order valence-electron chi connectivity index (χ1n) is 9.18. The van der Waals surface area contributed by atoms with Crippen LogP contribution >= 0.6 is 23.6 Å². The summed E-state index contributed by atoms with van der Waals surface area (Å²) in [6.07, 6.45) is 0. The van der Waals surface area contributed by atoms with Crippen LogP contribution in [0.25, 0.3) is 15.5 Å². The number of para-hydroxylation sites is 1. The molecule has 2 aromatic heterocycles. The fourth-order valence-corrected chi connectivity index (χ4v) is 3.95. The maximum Gasteiger partial charge on any atom is 0.257 e. The molecule has 8 nitrogen and oxygen atoms in total. The Bertz CT molecular complexity index is 1230. The minimum absolute atomic E-state index is 0.188. The number of nitrogens with zero attached hydrogens (tertiary/aromatic N) is 4. The van der Waals surface area contributed by atoms with Gasteiger partial charge in [-0.3, -0.25) is 10.1 Å². The summed E-state index contributed by atoms with van der Waals surface area (Å²) in [5, 5.41) is 19.4. The second-order valence-electron chi connectivity index (χ2n) is 6.26. The minimum atomic E-state index is -0.319. The lowest BCUT2D eigenvalue weighted by Crippen LogP contribution is -2.34. The molecule has 0 bridgehead atoms.